The topological polar surface area (TPSA) is 125 Å². The van der Waals surface area contributed by atoms with Gasteiger partial charge in [0.15, 0.2) is 11.6 Å². The molecular weight excluding hydrogens is 246 g/mol. The Labute approximate surface area is 109 Å². The largest absolute Gasteiger partial charge is 0.396 e. The van der Waals surface area contributed by atoms with E-state index in [1.54, 1.807) is 17.0 Å². The first kappa shape index (κ1) is 12.8. The molecule has 0 aliphatic carbocycles. The van der Waals surface area contributed by atoms with Gasteiger partial charge in [0.1, 0.15) is 12.0 Å². The first-order valence-corrected chi connectivity index (χ1v) is 5.65. The van der Waals surface area contributed by atoms with Crippen molar-refractivity contribution in [3.8, 4) is 0 Å². The van der Waals surface area contributed by atoms with E-state index in [4.69, 9.17) is 11.5 Å². The zero-order valence-electron chi connectivity index (χ0n) is 10.7. The summed E-state index contributed by atoms with van der Waals surface area (Å²) in [5.41, 5.74) is 11.6. The second-order valence-corrected chi connectivity index (χ2v) is 4.16. The zero-order chi connectivity index (χ0) is 14.0. The molecule has 8 heteroatoms. The molecule has 0 aromatic carbocycles. The molecule has 0 fully saturated rings. The van der Waals surface area contributed by atoms with E-state index in [2.05, 4.69) is 20.5 Å². The normalized spacial score (nSPS) is 12.1. The Morgan fingerprint density at radius 2 is 2.21 bits per heavy atom. The van der Waals surface area contributed by atoms with Gasteiger partial charge in [-0.05, 0) is 19.1 Å². The van der Waals surface area contributed by atoms with E-state index in [0.717, 1.165) is 5.82 Å². The minimum atomic E-state index is -0.602. The SMILES string of the molecule is CC(Nc1nc(C(N)=O)ccc1N)c1nncn1C. The van der Waals surface area contributed by atoms with E-state index >= 15 is 0 Å². The third kappa shape index (κ3) is 2.62. The summed E-state index contributed by atoms with van der Waals surface area (Å²) >= 11 is 0. The highest BCUT2D eigenvalue weighted by atomic mass is 16.1. The number of amides is 1. The Morgan fingerprint density at radius 1 is 1.47 bits per heavy atom. The van der Waals surface area contributed by atoms with Crippen molar-refractivity contribution in [1.29, 1.82) is 0 Å². The molecule has 0 aliphatic heterocycles. The summed E-state index contributed by atoms with van der Waals surface area (Å²) in [5, 5.41) is 10.9. The molecule has 1 unspecified atom stereocenters. The summed E-state index contributed by atoms with van der Waals surface area (Å²) in [7, 11) is 1.84. The molecule has 1 amide bonds. The van der Waals surface area contributed by atoms with Gasteiger partial charge in [0.05, 0.1) is 11.7 Å². The smallest absolute Gasteiger partial charge is 0.267 e. The average Bonchev–Trinajstić information content (AvgIpc) is 2.78. The highest BCUT2D eigenvalue weighted by molar-refractivity contribution is 5.91. The molecule has 100 valence electrons. The van der Waals surface area contributed by atoms with E-state index in [1.807, 2.05) is 14.0 Å². The lowest BCUT2D eigenvalue weighted by molar-refractivity contribution is 0.0995. The maximum Gasteiger partial charge on any atom is 0.267 e. The van der Waals surface area contributed by atoms with Crippen LogP contribution in [0.1, 0.15) is 29.3 Å². The number of anilines is 2. The predicted octanol–water partition coefficient (Wildman–Crippen LogP) is 0.0643. The van der Waals surface area contributed by atoms with Crippen molar-refractivity contribution in [2.45, 2.75) is 13.0 Å². The Balaban J connectivity index is 2.26. The highest BCUT2D eigenvalue weighted by Crippen LogP contribution is 2.21. The summed E-state index contributed by atoms with van der Waals surface area (Å²) in [6.07, 6.45) is 1.60. The number of hydrogen-bond donors (Lipinski definition) is 3. The van der Waals surface area contributed by atoms with Gasteiger partial charge >= 0.3 is 0 Å². The first-order chi connectivity index (χ1) is 8.99. The third-order valence-corrected chi connectivity index (χ3v) is 2.67. The van der Waals surface area contributed by atoms with Crippen molar-refractivity contribution in [3.05, 3.63) is 30.0 Å². The number of primary amides is 1. The number of carbonyl (C=O) groups excluding carboxylic acids is 1. The lowest BCUT2D eigenvalue weighted by atomic mass is 10.2. The van der Waals surface area contributed by atoms with Crippen LogP contribution in [-0.2, 0) is 7.05 Å². The molecular formula is C11H15N7O. The quantitative estimate of drug-likeness (QED) is 0.715. The van der Waals surface area contributed by atoms with Gasteiger partial charge in [-0.1, -0.05) is 0 Å². The summed E-state index contributed by atoms with van der Waals surface area (Å²) in [4.78, 5) is 15.2. The van der Waals surface area contributed by atoms with E-state index in [9.17, 15) is 4.79 Å². The lowest BCUT2D eigenvalue weighted by Crippen LogP contribution is -2.17. The van der Waals surface area contributed by atoms with Crippen LogP contribution in [0.2, 0.25) is 0 Å². The maximum absolute atomic E-state index is 11.1. The summed E-state index contributed by atoms with van der Waals surface area (Å²) in [6.45, 7) is 1.89. The molecule has 2 heterocycles. The van der Waals surface area contributed by atoms with Gasteiger partial charge in [-0.3, -0.25) is 4.79 Å². The van der Waals surface area contributed by atoms with E-state index in [-0.39, 0.29) is 11.7 Å². The van der Waals surface area contributed by atoms with Crippen LogP contribution in [0.4, 0.5) is 11.5 Å². The molecule has 5 N–H and O–H groups in total. The van der Waals surface area contributed by atoms with Gasteiger partial charge in [-0.25, -0.2) is 4.98 Å². The van der Waals surface area contributed by atoms with Gasteiger partial charge in [-0.2, -0.15) is 0 Å². The van der Waals surface area contributed by atoms with Gasteiger partial charge in [-0.15, -0.1) is 10.2 Å². The number of nitrogens with one attached hydrogen (secondary N) is 1. The van der Waals surface area contributed by atoms with Crippen molar-refractivity contribution in [2.75, 3.05) is 11.1 Å². The van der Waals surface area contributed by atoms with Gasteiger partial charge in [0.25, 0.3) is 5.91 Å². The number of rotatable bonds is 4. The fourth-order valence-corrected chi connectivity index (χ4v) is 1.68. The molecule has 0 radical (unpaired) electrons. The Morgan fingerprint density at radius 3 is 2.79 bits per heavy atom. The Kier molecular flexibility index (Phi) is 3.32. The van der Waals surface area contributed by atoms with Crippen LogP contribution >= 0.6 is 0 Å². The molecule has 8 nitrogen and oxygen atoms in total. The molecule has 19 heavy (non-hydrogen) atoms. The standard InChI is InChI=1S/C11H15N7O/c1-6(11-17-14-5-18(11)2)15-10-7(12)3-4-8(16-10)9(13)19/h3-6H,12H2,1-2H3,(H2,13,19)(H,15,16). The fraction of sp³-hybridized carbons (Fsp3) is 0.273. The number of aryl methyl sites for hydroxylation is 1. The summed E-state index contributed by atoms with van der Waals surface area (Å²) < 4.78 is 1.78. The number of pyridine rings is 1. The number of aromatic nitrogens is 4. The number of carbonyl (C=O) groups is 1. The third-order valence-electron chi connectivity index (χ3n) is 2.67. The first-order valence-electron chi connectivity index (χ1n) is 5.65. The zero-order valence-corrected chi connectivity index (χ0v) is 10.7. The molecule has 0 bridgehead atoms. The molecule has 0 spiro atoms. The minimum absolute atomic E-state index is 0.155. The Hall–Kier alpha value is -2.64. The van der Waals surface area contributed by atoms with Crippen molar-refractivity contribution in [2.24, 2.45) is 12.8 Å². The van der Waals surface area contributed by atoms with Crippen molar-refractivity contribution < 1.29 is 4.79 Å². The summed E-state index contributed by atoms with van der Waals surface area (Å²) in [6, 6.07) is 2.90. The number of hydrogen-bond acceptors (Lipinski definition) is 6. The molecule has 2 rings (SSSR count). The fourth-order valence-electron chi connectivity index (χ4n) is 1.68. The van der Waals surface area contributed by atoms with E-state index < -0.39 is 5.91 Å². The molecule has 0 saturated carbocycles. The molecule has 1 atom stereocenters. The highest BCUT2D eigenvalue weighted by Gasteiger charge is 2.14. The monoisotopic (exact) mass is 261 g/mol. The minimum Gasteiger partial charge on any atom is -0.396 e. The van der Waals surface area contributed by atoms with Crippen LogP contribution in [0.5, 0.6) is 0 Å². The second kappa shape index (κ2) is 4.92. The van der Waals surface area contributed by atoms with Gasteiger partial charge in [0.2, 0.25) is 0 Å². The van der Waals surface area contributed by atoms with E-state index in [0.29, 0.717) is 11.5 Å². The van der Waals surface area contributed by atoms with Crippen LogP contribution in [0.3, 0.4) is 0 Å². The molecule has 2 aromatic heterocycles. The molecule has 0 aliphatic rings. The van der Waals surface area contributed by atoms with Crippen molar-refractivity contribution in [3.63, 3.8) is 0 Å². The number of nitrogen functional groups attached to an aromatic ring is 1. The van der Waals surface area contributed by atoms with Crippen molar-refractivity contribution in [1.82, 2.24) is 19.7 Å². The molecule has 2 aromatic rings. The van der Waals surface area contributed by atoms with E-state index in [1.165, 1.54) is 6.07 Å². The maximum atomic E-state index is 11.1. The van der Waals surface area contributed by atoms with Gasteiger partial charge < -0.3 is 21.4 Å². The Bertz CT molecular complexity index is 607. The van der Waals surface area contributed by atoms with Crippen molar-refractivity contribution >= 4 is 17.4 Å². The van der Waals surface area contributed by atoms with Crippen LogP contribution in [0.25, 0.3) is 0 Å². The van der Waals surface area contributed by atoms with Gasteiger partial charge in [0, 0.05) is 7.05 Å². The second-order valence-electron chi connectivity index (χ2n) is 4.16. The van der Waals surface area contributed by atoms with Crippen LogP contribution in [0, 0.1) is 0 Å². The number of nitrogens with zero attached hydrogens (tertiary/aromatic N) is 4. The van der Waals surface area contributed by atoms with Crippen LogP contribution in [-0.4, -0.2) is 25.7 Å². The van der Waals surface area contributed by atoms with Crippen LogP contribution in [0.15, 0.2) is 18.5 Å². The molecule has 0 saturated heterocycles. The predicted molar refractivity (Wildman–Crippen MR) is 70.2 cm³/mol. The van der Waals surface area contributed by atoms with Crippen LogP contribution < -0.4 is 16.8 Å². The number of nitrogens with two attached hydrogens (primary N) is 2. The average molecular weight is 261 g/mol. The lowest BCUT2D eigenvalue weighted by Gasteiger charge is -2.15. The summed E-state index contributed by atoms with van der Waals surface area (Å²) in [5.74, 6) is 0.520.